The molecule has 1 rings (SSSR count). The topological polar surface area (TPSA) is 36.9 Å². The van der Waals surface area contributed by atoms with E-state index in [4.69, 9.17) is 18.9 Å². The van der Waals surface area contributed by atoms with Crippen LogP contribution in [0.3, 0.4) is 0 Å². The van der Waals surface area contributed by atoms with E-state index in [2.05, 4.69) is 0 Å². The van der Waals surface area contributed by atoms with Gasteiger partial charge in [-0.2, -0.15) is 0 Å². The summed E-state index contributed by atoms with van der Waals surface area (Å²) in [5.41, 5.74) is -0.472. The van der Waals surface area contributed by atoms with E-state index in [0.717, 1.165) is 0 Å². The van der Waals surface area contributed by atoms with Crippen molar-refractivity contribution in [3.8, 4) is 0 Å². The molecule has 4 heteroatoms. The second-order valence-corrected chi connectivity index (χ2v) is 4.25. The van der Waals surface area contributed by atoms with Gasteiger partial charge in [0.2, 0.25) is 0 Å². The maximum atomic E-state index is 5.76. The number of methoxy groups -OCH3 is 3. The maximum Gasteiger partial charge on any atom is 0.122 e. The van der Waals surface area contributed by atoms with Crippen molar-refractivity contribution in [3.63, 3.8) is 0 Å². The minimum Gasteiger partial charge on any atom is -0.376 e. The van der Waals surface area contributed by atoms with Crippen LogP contribution >= 0.6 is 0 Å². The van der Waals surface area contributed by atoms with Crippen LogP contribution in [-0.4, -0.2) is 51.3 Å². The average molecular weight is 218 g/mol. The standard InChI is InChI=1S/C11H22O4/c1-7-9(12-4)11(3,14-6)10(13-5)8(2)15-7/h7-10H,1-6H3. The molecule has 4 nitrogen and oxygen atoms in total. The van der Waals surface area contributed by atoms with E-state index in [1.54, 1.807) is 21.3 Å². The molecule has 0 saturated carbocycles. The molecule has 1 aliphatic heterocycles. The van der Waals surface area contributed by atoms with Crippen LogP contribution in [0.25, 0.3) is 0 Å². The van der Waals surface area contributed by atoms with Crippen LogP contribution in [-0.2, 0) is 18.9 Å². The fourth-order valence-corrected chi connectivity index (χ4v) is 2.66. The molecule has 4 unspecified atom stereocenters. The van der Waals surface area contributed by atoms with Crippen molar-refractivity contribution in [2.24, 2.45) is 0 Å². The molecule has 1 fully saturated rings. The average Bonchev–Trinajstić information content (AvgIpc) is 2.18. The van der Waals surface area contributed by atoms with E-state index in [0.29, 0.717) is 0 Å². The van der Waals surface area contributed by atoms with Gasteiger partial charge >= 0.3 is 0 Å². The Labute approximate surface area is 91.8 Å². The van der Waals surface area contributed by atoms with E-state index in [1.807, 2.05) is 20.8 Å². The first kappa shape index (κ1) is 12.9. The summed E-state index contributed by atoms with van der Waals surface area (Å²) in [4.78, 5) is 0. The van der Waals surface area contributed by atoms with Crippen LogP contribution in [0.1, 0.15) is 20.8 Å². The second kappa shape index (κ2) is 4.78. The minimum atomic E-state index is -0.472. The molecule has 1 aliphatic rings. The SMILES string of the molecule is COC1C(C)OC(C)C(OC)C1(C)OC. The molecule has 0 bridgehead atoms. The summed E-state index contributed by atoms with van der Waals surface area (Å²) in [6, 6.07) is 0. The Morgan fingerprint density at radius 3 is 1.60 bits per heavy atom. The van der Waals surface area contributed by atoms with Crippen molar-refractivity contribution in [2.45, 2.75) is 50.8 Å². The molecule has 0 amide bonds. The molecule has 0 aliphatic carbocycles. The van der Waals surface area contributed by atoms with Crippen LogP contribution in [0, 0.1) is 0 Å². The van der Waals surface area contributed by atoms with Crippen LogP contribution in [0.5, 0.6) is 0 Å². The van der Waals surface area contributed by atoms with E-state index in [9.17, 15) is 0 Å². The Hall–Kier alpha value is -0.160. The Bertz CT molecular complexity index is 191. The quantitative estimate of drug-likeness (QED) is 0.714. The summed E-state index contributed by atoms with van der Waals surface area (Å²) in [6.07, 6.45) is -0.241. The lowest BCUT2D eigenvalue weighted by Crippen LogP contribution is -2.65. The summed E-state index contributed by atoms with van der Waals surface area (Å²) in [5, 5.41) is 0. The third kappa shape index (κ3) is 2.04. The summed E-state index contributed by atoms with van der Waals surface area (Å²) >= 11 is 0. The van der Waals surface area contributed by atoms with Gasteiger partial charge in [0, 0.05) is 21.3 Å². The van der Waals surface area contributed by atoms with E-state index in [-0.39, 0.29) is 24.4 Å². The summed E-state index contributed by atoms with van der Waals surface area (Å²) in [7, 11) is 5.03. The van der Waals surface area contributed by atoms with Crippen LogP contribution in [0.15, 0.2) is 0 Å². The molecule has 1 heterocycles. The van der Waals surface area contributed by atoms with Crippen molar-refractivity contribution in [3.05, 3.63) is 0 Å². The molecular formula is C11H22O4. The molecule has 1 saturated heterocycles. The van der Waals surface area contributed by atoms with Gasteiger partial charge in [0.05, 0.1) is 12.2 Å². The van der Waals surface area contributed by atoms with Crippen molar-refractivity contribution in [1.29, 1.82) is 0 Å². The van der Waals surface area contributed by atoms with Gasteiger partial charge < -0.3 is 18.9 Å². The van der Waals surface area contributed by atoms with E-state index < -0.39 is 5.60 Å². The van der Waals surface area contributed by atoms with E-state index >= 15 is 0 Å². The zero-order chi connectivity index (χ0) is 11.6. The molecule has 0 radical (unpaired) electrons. The highest BCUT2D eigenvalue weighted by molar-refractivity contribution is 5.01. The maximum absolute atomic E-state index is 5.76. The lowest BCUT2D eigenvalue weighted by Gasteiger charge is -2.50. The third-order valence-corrected chi connectivity index (χ3v) is 3.36. The number of ether oxygens (including phenoxy) is 4. The first-order valence-corrected chi connectivity index (χ1v) is 5.27. The highest BCUT2D eigenvalue weighted by atomic mass is 16.6. The van der Waals surface area contributed by atoms with Gasteiger partial charge in [-0.15, -0.1) is 0 Å². The predicted molar refractivity (Wildman–Crippen MR) is 57.0 cm³/mol. The second-order valence-electron chi connectivity index (χ2n) is 4.25. The van der Waals surface area contributed by atoms with Gasteiger partial charge in [0.1, 0.15) is 17.8 Å². The van der Waals surface area contributed by atoms with Crippen molar-refractivity contribution in [2.75, 3.05) is 21.3 Å². The largest absolute Gasteiger partial charge is 0.376 e. The highest BCUT2D eigenvalue weighted by Crippen LogP contribution is 2.35. The number of rotatable bonds is 3. The first-order valence-electron chi connectivity index (χ1n) is 5.27. The Kier molecular flexibility index (Phi) is 4.12. The fourth-order valence-electron chi connectivity index (χ4n) is 2.66. The van der Waals surface area contributed by atoms with Crippen molar-refractivity contribution in [1.82, 2.24) is 0 Å². The molecule has 0 aromatic heterocycles. The molecule has 4 atom stereocenters. The minimum absolute atomic E-state index is 0.00125. The fraction of sp³-hybridized carbons (Fsp3) is 1.00. The van der Waals surface area contributed by atoms with Crippen LogP contribution in [0.2, 0.25) is 0 Å². The molecule has 15 heavy (non-hydrogen) atoms. The van der Waals surface area contributed by atoms with Gasteiger partial charge in [-0.25, -0.2) is 0 Å². The molecular weight excluding hydrogens is 196 g/mol. The zero-order valence-electron chi connectivity index (χ0n) is 10.4. The Balaban J connectivity index is 2.98. The number of hydrogen-bond acceptors (Lipinski definition) is 4. The molecule has 0 aromatic rings. The monoisotopic (exact) mass is 218 g/mol. The zero-order valence-corrected chi connectivity index (χ0v) is 10.4. The summed E-state index contributed by atoms with van der Waals surface area (Å²) < 4.78 is 22.3. The lowest BCUT2D eigenvalue weighted by molar-refractivity contribution is -0.276. The lowest BCUT2D eigenvalue weighted by atomic mass is 9.83. The summed E-state index contributed by atoms with van der Waals surface area (Å²) in [5.74, 6) is 0. The van der Waals surface area contributed by atoms with Crippen LogP contribution in [0.4, 0.5) is 0 Å². The smallest absolute Gasteiger partial charge is 0.122 e. The normalized spacial score (nSPS) is 46.8. The van der Waals surface area contributed by atoms with Gasteiger partial charge in [0.15, 0.2) is 0 Å². The Morgan fingerprint density at radius 2 is 1.33 bits per heavy atom. The predicted octanol–water partition coefficient (Wildman–Crippen LogP) is 1.23. The van der Waals surface area contributed by atoms with E-state index in [1.165, 1.54) is 0 Å². The molecule has 0 spiro atoms. The van der Waals surface area contributed by atoms with Gasteiger partial charge in [-0.05, 0) is 20.8 Å². The van der Waals surface area contributed by atoms with Gasteiger partial charge in [-0.3, -0.25) is 0 Å². The number of hydrogen-bond donors (Lipinski definition) is 0. The Morgan fingerprint density at radius 1 is 0.933 bits per heavy atom. The van der Waals surface area contributed by atoms with Gasteiger partial charge in [-0.1, -0.05) is 0 Å². The third-order valence-electron chi connectivity index (χ3n) is 3.36. The molecule has 0 N–H and O–H groups in total. The first-order chi connectivity index (χ1) is 7.01. The highest BCUT2D eigenvalue weighted by Gasteiger charge is 2.52. The molecule has 0 aromatic carbocycles. The van der Waals surface area contributed by atoms with Crippen molar-refractivity contribution < 1.29 is 18.9 Å². The van der Waals surface area contributed by atoms with Crippen molar-refractivity contribution >= 4 is 0 Å². The molecule has 90 valence electrons. The van der Waals surface area contributed by atoms with Gasteiger partial charge in [0.25, 0.3) is 0 Å². The summed E-state index contributed by atoms with van der Waals surface area (Å²) in [6.45, 7) is 5.99. The van der Waals surface area contributed by atoms with Crippen LogP contribution < -0.4 is 0 Å².